The number of thiazole rings is 1. The summed E-state index contributed by atoms with van der Waals surface area (Å²) >= 11 is 1.50. The lowest BCUT2D eigenvalue weighted by molar-refractivity contribution is 0.112. The summed E-state index contributed by atoms with van der Waals surface area (Å²) in [5.74, 6) is 0.270. The highest BCUT2D eigenvalue weighted by Gasteiger charge is 2.22. The number of aldehydes is 1. The van der Waals surface area contributed by atoms with Crippen LogP contribution < -0.4 is 4.90 Å². The van der Waals surface area contributed by atoms with Crippen LogP contribution in [-0.2, 0) is 4.74 Å². The number of ether oxygens (including phenoxy) is 1. The van der Waals surface area contributed by atoms with Crippen molar-refractivity contribution >= 4 is 22.8 Å². The summed E-state index contributed by atoms with van der Waals surface area (Å²) in [7, 11) is 1.71. The van der Waals surface area contributed by atoms with Gasteiger partial charge in [-0.1, -0.05) is 39.0 Å². The summed E-state index contributed by atoms with van der Waals surface area (Å²) < 4.78 is 5.21. The van der Waals surface area contributed by atoms with E-state index in [0.29, 0.717) is 12.6 Å². The van der Waals surface area contributed by atoms with Crippen molar-refractivity contribution in [1.29, 1.82) is 0 Å². The zero-order valence-corrected chi connectivity index (χ0v) is 14.0. The molecule has 0 atom stereocenters. The van der Waals surface area contributed by atoms with Crippen LogP contribution in [0.2, 0.25) is 0 Å². The fraction of sp³-hybridized carbons (Fsp3) is 0.733. The zero-order chi connectivity index (χ0) is 15.1. The van der Waals surface area contributed by atoms with Crippen molar-refractivity contribution in [3.05, 3.63) is 10.6 Å². The van der Waals surface area contributed by atoms with E-state index in [4.69, 9.17) is 9.72 Å². The van der Waals surface area contributed by atoms with Gasteiger partial charge in [-0.25, -0.2) is 4.98 Å². The fourth-order valence-corrected chi connectivity index (χ4v) is 3.44. The molecule has 5 heteroatoms. The van der Waals surface area contributed by atoms with Gasteiger partial charge in [0.2, 0.25) is 0 Å². The number of hydrogen-bond donors (Lipinski definition) is 0. The summed E-state index contributed by atoms with van der Waals surface area (Å²) in [6.45, 7) is 10.00. The minimum absolute atomic E-state index is 0.270. The first-order chi connectivity index (χ1) is 9.58. The Bertz CT molecular complexity index is 414. The third-order valence-corrected chi connectivity index (χ3v) is 4.52. The molecule has 0 saturated carbocycles. The Balaban J connectivity index is 3.09. The Morgan fingerprint density at radius 1 is 1.35 bits per heavy atom. The first-order valence-electron chi connectivity index (χ1n) is 7.30. The zero-order valence-electron chi connectivity index (χ0n) is 13.2. The molecule has 0 aliphatic rings. The maximum atomic E-state index is 11.2. The summed E-state index contributed by atoms with van der Waals surface area (Å²) in [5.41, 5.74) is 0.911. The number of rotatable bonds is 9. The van der Waals surface area contributed by atoms with Crippen LogP contribution in [0.3, 0.4) is 0 Å². The van der Waals surface area contributed by atoms with Gasteiger partial charge in [-0.2, -0.15) is 0 Å². The van der Waals surface area contributed by atoms with Crippen molar-refractivity contribution in [2.75, 3.05) is 25.2 Å². The molecule has 0 saturated heterocycles. The Morgan fingerprint density at radius 3 is 2.40 bits per heavy atom. The van der Waals surface area contributed by atoms with Gasteiger partial charge < -0.3 is 9.64 Å². The van der Waals surface area contributed by atoms with Crippen LogP contribution in [0.15, 0.2) is 0 Å². The van der Waals surface area contributed by atoms with Crippen LogP contribution in [0.5, 0.6) is 0 Å². The quantitative estimate of drug-likeness (QED) is 0.652. The van der Waals surface area contributed by atoms with Crippen LogP contribution >= 0.6 is 11.3 Å². The van der Waals surface area contributed by atoms with Crippen LogP contribution in [-0.4, -0.2) is 37.6 Å². The largest absolute Gasteiger partial charge is 0.383 e. The second-order valence-corrected chi connectivity index (χ2v) is 6.18. The molecule has 0 aliphatic carbocycles. The lowest BCUT2D eigenvalue weighted by Crippen LogP contribution is -2.37. The van der Waals surface area contributed by atoms with Gasteiger partial charge in [0.15, 0.2) is 11.4 Å². The van der Waals surface area contributed by atoms with Gasteiger partial charge in [-0.3, -0.25) is 4.79 Å². The van der Waals surface area contributed by atoms with Gasteiger partial charge in [-0.15, -0.1) is 0 Å². The lowest BCUT2D eigenvalue weighted by Gasteiger charge is -2.30. The second-order valence-electron chi connectivity index (χ2n) is 5.17. The maximum absolute atomic E-state index is 11.2. The summed E-state index contributed by atoms with van der Waals surface area (Å²) in [5, 5.41) is 0.946. The Morgan fingerprint density at radius 2 is 2.00 bits per heavy atom. The average Bonchev–Trinajstić information content (AvgIpc) is 2.87. The minimum Gasteiger partial charge on any atom is -0.383 e. The van der Waals surface area contributed by atoms with Crippen molar-refractivity contribution < 1.29 is 9.53 Å². The first-order valence-corrected chi connectivity index (χ1v) is 8.12. The van der Waals surface area contributed by atoms with Crippen molar-refractivity contribution in [2.24, 2.45) is 0 Å². The van der Waals surface area contributed by atoms with Crippen LogP contribution in [0.4, 0.5) is 5.13 Å². The summed E-state index contributed by atoms with van der Waals surface area (Å²) in [6, 6.07) is 0.441. The van der Waals surface area contributed by atoms with Gasteiger partial charge in [-0.05, 0) is 18.8 Å². The SMILES string of the molecule is CCC(CC)N(CCOC)c1nc(C(C)C)c(C=O)s1. The molecule has 1 rings (SSSR count). The smallest absolute Gasteiger partial charge is 0.186 e. The molecular formula is C15H26N2O2S. The summed E-state index contributed by atoms with van der Waals surface area (Å²) in [4.78, 5) is 19.0. The molecule has 1 aromatic rings. The Hall–Kier alpha value is -0.940. The van der Waals surface area contributed by atoms with E-state index >= 15 is 0 Å². The molecule has 1 heterocycles. The van der Waals surface area contributed by atoms with Gasteiger partial charge in [0.1, 0.15) is 0 Å². The summed E-state index contributed by atoms with van der Waals surface area (Å²) in [6.07, 6.45) is 3.05. The highest BCUT2D eigenvalue weighted by Crippen LogP contribution is 2.31. The molecule has 0 fully saturated rings. The predicted octanol–water partition coefficient (Wildman–Crippen LogP) is 3.72. The second kappa shape index (κ2) is 8.37. The number of carbonyl (C=O) groups is 1. The molecule has 0 spiro atoms. The molecule has 0 unspecified atom stereocenters. The molecule has 0 aromatic carbocycles. The van der Waals surface area contributed by atoms with Crippen molar-refractivity contribution in [1.82, 2.24) is 4.98 Å². The lowest BCUT2D eigenvalue weighted by atomic mass is 10.1. The molecule has 0 aliphatic heterocycles. The Labute approximate surface area is 126 Å². The molecule has 0 N–H and O–H groups in total. The third-order valence-electron chi connectivity index (χ3n) is 3.49. The number of nitrogens with zero attached hydrogens (tertiary/aromatic N) is 2. The van der Waals surface area contributed by atoms with E-state index in [0.717, 1.165) is 41.4 Å². The molecule has 4 nitrogen and oxygen atoms in total. The molecule has 20 heavy (non-hydrogen) atoms. The number of methoxy groups -OCH3 is 1. The van der Waals surface area contributed by atoms with Gasteiger partial charge in [0.25, 0.3) is 0 Å². The monoisotopic (exact) mass is 298 g/mol. The normalized spacial score (nSPS) is 11.3. The van der Waals surface area contributed by atoms with Gasteiger partial charge in [0.05, 0.1) is 17.2 Å². The number of hydrogen-bond acceptors (Lipinski definition) is 5. The van der Waals surface area contributed by atoms with E-state index in [1.807, 2.05) is 0 Å². The van der Waals surface area contributed by atoms with Gasteiger partial charge in [0, 0.05) is 19.7 Å². The number of anilines is 1. The minimum atomic E-state index is 0.270. The highest BCUT2D eigenvalue weighted by atomic mass is 32.1. The molecule has 0 amide bonds. The van der Waals surface area contributed by atoms with E-state index in [-0.39, 0.29) is 5.92 Å². The average molecular weight is 298 g/mol. The van der Waals surface area contributed by atoms with Crippen LogP contribution in [0.1, 0.15) is 61.8 Å². The van der Waals surface area contributed by atoms with Crippen molar-refractivity contribution in [3.63, 3.8) is 0 Å². The number of aromatic nitrogens is 1. The van der Waals surface area contributed by atoms with Crippen LogP contribution in [0, 0.1) is 0 Å². The number of carbonyl (C=O) groups excluding carboxylic acids is 1. The van der Waals surface area contributed by atoms with E-state index in [2.05, 4.69) is 32.6 Å². The Kier molecular flexibility index (Phi) is 7.16. The highest BCUT2D eigenvalue weighted by molar-refractivity contribution is 7.17. The molecular weight excluding hydrogens is 272 g/mol. The fourth-order valence-electron chi connectivity index (χ4n) is 2.31. The van der Waals surface area contributed by atoms with E-state index in [9.17, 15) is 4.79 Å². The molecule has 0 radical (unpaired) electrons. The van der Waals surface area contributed by atoms with Gasteiger partial charge >= 0.3 is 0 Å². The maximum Gasteiger partial charge on any atom is 0.186 e. The predicted molar refractivity (Wildman–Crippen MR) is 85.2 cm³/mol. The third kappa shape index (κ3) is 4.03. The van der Waals surface area contributed by atoms with E-state index < -0.39 is 0 Å². The van der Waals surface area contributed by atoms with Crippen molar-refractivity contribution in [2.45, 2.75) is 52.5 Å². The van der Waals surface area contributed by atoms with E-state index in [1.165, 1.54) is 11.3 Å². The molecule has 0 bridgehead atoms. The van der Waals surface area contributed by atoms with E-state index in [1.54, 1.807) is 7.11 Å². The van der Waals surface area contributed by atoms with Crippen LogP contribution in [0.25, 0.3) is 0 Å². The standard InChI is InChI=1S/C15H26N2O2S/c1-6-12(7-2)17(8-9-19-5)15-16-14(11(3)4)13(10-18)20-15/h10-12H,6-9H2,1-5H3. The van der Waals surface area contributed by atoms with Crippen molar-refractivity contribution in [3.8, 4) is 0 Å². The first kappa shape index (κ1) is 17.1. The molecule has 1 aromatic heterocycles. The molecule has 114 valence electrons. The topological polar surface area (TPSA) is 42.4 Å².